The molecule has 0 aromatic heterocycles. The van der Waals surface area contributed by atoms with Crippen molar-refractivity contribution in [3.8, 4) is 0 Å². The monoisotopic (exact) mass is 253 g/mol. The van der Waals surface area contributed by atoms with Crippen LogP contribution in [0.1, 0.15) is 25.8 Å². The summed E-state index contributed by atoms with van der Waals surface area (Å²) in [6.07, 6.45) is 1.13. The van der Waals surface area contributed by atoms with Gasteiger partial charge in [0.05, 0.1) is 10.6 Å². The Hall–Kier alpha value is -1.22. The number of rotatable bonds is 5. The van der Waals surface area contributed by atoms with Crippen molar-refractivity contribution in [2.75, 3.05) is 18.5 Å². The molecule has 0 aliphatic rings. The molecule has 0 amide bonds. The van der Waals surface area contributed by atoms with Crippen molar-refractivity contribution in [2.24, 2.45) is 11.7 Å². The van der Waals surface area contributed by atoms with E-state index in [-0.39, 0.29) is 5.84 Å². The Kier molecular flexibility index (Phi) is 4.82. The lowest BCUT2D eigenvalue weighted by Crippen LogP contribution is -2.27. The number of hydrogen-bond acceptors (Lipinski definition) is 2. The van der Waals surface area contributed by atoms with E-state index in [1.807, 2.05) is 19.2 Å². The maximum absolute atomic E-state index is 7.60. The molecule has 1 unspecified atom stereocenters. The van der Waals surface area contributed by atoms with Gasteiger partial charge in [-0.25, -0.2) is 0 Å². The first-order chi connectivity index (χ1) is 7.97. The molecule has 1 atom stereocenters. The lowest BCUT2D eigenvalue weighted by molar-refractivity contribution is 0.560. The molecule has 0 aliphatic carbocycles. The highest BCUT2D eigenvalue weighted by Crippen LogP contribution is 2.27. The van der Waals surface area contributed by atoms with Crippen molar-refractivity contribution < 1.29 is 0 Å². The van der Waals surface area contributed by atoms with Crippen LogP contribution in [0.3, 0.4) is 0 Å². The highest BCUT2D eigenvalue weighted by Gasteiger charge is 2.14. The molecule has 3 nitrogen and oxygen atoms in total. The lowest BCUT2D eigenvalue weighted by atomic mass is 10.1. The largest absolute Gasteiger partial charge is 0.384 e. The number of amidine groups is 1. The smallest absolute Gasteiger partial charge is 0.126 e. The van der Waals surface area contributed by atoms with Crippen molar-refractivity contribution >= 4 is 23.1 Å². The Morgan fingerprint density at radius 2 is 2.18 bits per heavy atom. The number of hydrogen-bond donors (Lipinski definition) is 2. The number of anilines is 1. The predicted molar refractivity (Wildman–Crippen MR) is 75.2 cm³/mol. The number of benzene rings is 1. The normalized spacial score (nSPS) is 12.2. The first-order valence-electron chi connectivity index (χ1n) is 5.81. The van der Waals surface area contributed by atoms with Crippen molar-refractivity contribution in [2.45, 2.75) is 20.3 Å². The molecule has 4 heteroatoms. The van der Waals surface area contributed by atoms with Gasteiger partial charge < -0.3 is 10.6 Å². The van der Waals surface area contributed by atoms with Crippen LogP contribution in [-0.4, -0.2) is 19.4 Å². The summed E-state index contributed by atoms with van der Waals surface area (Å²) in [7, 11) is 2.00. The maximum atomic E-state index is 7.60. The van der Waals surface area contributed by atoms with Gasteiger partial charge in [0, 0.05) is 19.3 Å². The molecule has 94 valence electrons. The summed E-state index contributed by atoms with van der Waals surface area (Å²) in [5, 5.41) is 8.14. The SMILES string of the molecule is CCC(C)CN(C)c1cccc(Cl)c1C(=N)N. The van der Waals surface area contributed by atoms with E-state index in [4.69, 9.17) is 22.7 Å². The zero-order valence-electron chi connectivity index (χ0n) is 10.6. The Morgan fingerprint density at radius 3 is 2.71 bits per heavy atom. The fourth-order valence-electron chi connectivity index (χ4n) is 1.79. The third-order valence-corrected chi connectivity index (χ3v) is 3.27. The van der Waals surface area contributed by atoms with Crippen molar-refractivity contribution in [3.63, 3.8) is 0 Å². The van der Waals surface area contributed by atoms with Crippen LogP contribution >= 0.6 is 11.6 Å². The molecule has 17 heavy (non-hydrogen) atoms. The number of halogens is 1. The van der Waals surface area contributed by atoms with Gasteiger partial charge >= 0.3 is 0 Å². The summed E-state index contributed by atoms with van der Waals surface area (Å²) in [6.45, 7) is 5.30. The van der Waals surface area contributed by atoms with E-state index in [2.05, 4.69) is 18.7 Å². The van der Waals surface area contributed by atoms with E-state index >= 15 is 0 Å². The fourth-order valence-corrected chi connectivity index (χ4v) is 2.06. The van der Waals surface area contributed by atoms with E-state index < -0.39 is 0 Å². The first-order valence-corrected chi connectivity index (χ1v) is 6.19. The number of nitrogen functional groups attached to an aromatic ring is 1. The van der Waals surface area contributed by atoms with Crippen molar-refractivity contribution in [3.05, 3.63) is 28.8 Å². The van der Waals surface area contributed by atoms with Crippen LogP contribution in [0.5, 0.6) is 0 Å². The molecule has 0 saturated heterocycles. The predicted octanol–water partition coefficient (Wildman–Crippen LogP) is 3.11. The molecular weight excluding hydrogens is 234 g/mol. The molecule has 0 spiro atoms. The minimum Gasteiger partial charge on any atom is -0.384 e. The zero-order valence-corrected chi connectivity index (χ0v) is 11.4. The molecule has 0 fully saturated rings. The first kappa shape index (κ1) is 13.8. The molecule has 0 bridgehead atoms. The topological polar surface area (TPSA) is 53.1 Å². The molecule has 0 heterocycles. The molecule has 0 radical (unpaired) electrons. The molecule has 1 rings (SSSR count). The van der Waals surface area contributed by atoms with Gasteiger partial charge in [-0.05, 0) is 18.1 Å². The summed E-state index contributed by atoms with van der Waals surface area (Å²) in [4.78, 5) is 2.11. The van der Waals surface area contributed by atoms with Gasteiger partial charge in [0.15, 0.2) is 0 Å². The van der Waals surface area contributed by atoms with Crippen LogP contribution in [0, 0.1) is 11.3 Å². The number of nitrogens with two attached hydrogens (primary N) is 1. The van der Waals surface area contributed by atoms with Gasteiger partial charge in [-0.3, -0.25) is 5.41 Å². The van der Waals surface area contributed by atoms with E-state index in [1.165, 1.54) is 0 Å². The average Bonchev–Trinajstić information content (AvgIpc) is 2.27. The van der Waals surface area contributed by atoms with Crippen LogP contribution in [-0.2, 0) is 0 Å². The maximum Gasteiger partial charge on any atom is 0.126 e. The van der Waals surface area contributed by atoms with Crippen LogP contribution in [0.25, 0.3) is 0 Å². The average molecular weight is 254 g/mol. The van der Waals surface area contributed by atoms with Crippen molar-refractivity contribution in [1.29, 1.82) is 5.41 Å². The summed E-state index contributed by atoms with van der Waals surface area (Å²) < 4.78 is 0. The summed E-state index contributed by atoms with van der Waals surface area (Å²) in [5.74, 6) is 0.611. The zero-order chi connectivity index (χ0) is 13.0. The van der Waals surface area contributed by atoms with Gasteiger partial charge in [0.1, 0.15) is 5.84 Å². The second-order valence-electron chi connectivity index (χ2n) is 4.44. The minimum atomic E-state index is 0.0154. The minimum absolute atomic E-state index is 0.0154. The van der Waals surface area contributed by atoms with Gasteiger partial charge in [-0.2, -0.15) is 0 Å². The quantitative estimate of drug-likeness (QED) is 0.626. The summed E-state index contributed by atoms with van der Waals surface area (Å²) >= 11 is 6.09. The highest BCUT2D eigenvalue weighted by atomic mass is 35.5. The molecular formula is C13H20ClN3. The Morgan fingerprint density at radius 1 is 1.53 bits per heavy atom. The van der Waals surface area contributed by atoms with Gasteiger partial charge in [0.2, 0.25) is 0 Å². The van der Waals surface area contributed by atoms with Crippen LogP contribution in [0.2, 0.25) is 5.02 Å². The van der Waals surface area contributed by atoms with Crippen LogP contribution in [0.15, 0.2) is 18.2 Å². The third kappa shape index (κ3) is 3.37. The highest BCUT2D eigenvalue weighted by molar-refractivity contribution is 6.34. The van der Waals surface area contributed by atoms with E-state index in [1.54, 1.807) is 6.07 Å². The Balaban J connectivity index is 3.04. The Bertz CT molecular complexity index is 404. The second kappa shape index (κ2) is 5.92. The number of nitrogens with zero attached hydrogens (tertiary/aromatic N) is 1. The lowest BCUT2D eigenvalue weighted by Gasteiger charge is -2.25. The fraction of sp³-hybridized carbons (Fsp3) is 0.462. The third-order valence-electron chi connectivity index (χ3n) is 2.95. The second-order valence-corrected chi connectivity index (χ2v) is 4.85. The molecule has 1 aromatic carbocycles. The number of nitrogens with one attached hydrogen (secondary N) is 1. The Labute approximate surface area is 108 Å². The molecule has 1 aromatic rings. The summed E-state index contributed by atoms with van der Waals surface area (Å²) in [6, 6.07) is 5.60. The van der Waals surface area contributed by atoms with Gasteiger partial charge in [-0.1, -0.05) is 37.9 Å². The molecule has 0 aliphatic heterocycles. The standard InChI is InChI=1S/C13H20ClN3/c1-4-9(2)8-17(3)11-7-5-6-10(14)12(11)13(15)16/h5-7,9H,4,8H2,1-3H3,(H3,15,16). The van der Waals surface area contributed by atoms with Gasteiger partial charge in [0.25, 0.3) is 0 Å². The summed E-state index contributed by atoms with van der Waals surface area (Å²) in [5.41, 5.74) is 7.14. The van der Waals surface area contributed by atoms with E-state index in [0.29, 0.717) is 16.5 Å². The van der Waals surface area contributed by atoms with Crippen molar-refractivity contribution in [1.82, 2.24) is 0 Å². The molecule has 0 saturated carbocycles. The van der Waals surface area contributed by atoms with E-state index in [0.717, 1.165) is 18.7 Å². The van der Waals surface area contributed by atoms with Crippen LogP contribution in [0.4, 0.5) is 5.69 Å². The van der Waals surface area contributed by atoms with E-state index in [9.17, 15) is 0 Å². The van der Waals surface area contributed by atoms with Gasteiger partial charge in [-0.15, -0.1) is 0 Å². The van der Waals surface area contributed by atoms with Crippen LogP contribution < -0.4 is 10.6 Å². The molecule has 3 N–H and O–H groups in total.